The van der Waals surface area contributed by atoms with E-state index < -0.39 is 0 Å². The number of amides is 1. The zero-order chi connectivity index (χ0) is 16.2. The second kappa shape index (κ2) is 7.11. The van der Waals surface area contributed by atoms with Gasteiger partial charge in [-0.1, -0.05) is 36.4 Å². The molecule has 3 rings (SSSR count). The highest BCUT2D eigenvalue weighted by atomic mass is 35.5. The van der Waals surface area contributed by atoms with E-state index in [-0.39, 0.29) is 11.3 Å². The summed E-state index contributed by atoms with van der Waals surface area (Å²) in [5.41, 5.74) is 1.93. The Balaban J connectivity index is 1.84. The molecule has 1 atom stereocenters. The van der Waals surface area contributed by atoms with Crippen LogP contribution in [0.5, 0.6) is 5.75 Å². The molecule has 2 aromatic carbocycles. The summed E-state index contributed by atoms with van der Waals surface area (Å²) >= 11 is 7.56. The molecular formula is C18H16ClNO2S. The zero-order valence-electron chi connectivity index (χ0n) is 12.4. The average Bonchev–Trinajstić information content (AvgIpc) is 2.96. The highest BCUT2D eigenvalue weighted by Crippen LogP contribution is 2.42. The summed E-state index contributed by atoms with van der Waals surface area (Å²) < 4.78 is 5.50. The molecule has 1 amide bonds. The maximum atomic E-state index is 12.3. The number of nitrogens with zero attached hydrogens (tertiary/aromatic N) is 1. The molecule has 23 heavy (non-hydrogen) atoms. The highest BCUT2D eigenvalue weighted by Gasteiger charge is 2.33. The normalized spacial score (nSPS) is 17.3. The van der Waals surface area contributed by atoms with E-state index >= 15 is 0 Å². The van der Waals surface area contributed by atoms with Crippen molar-refractivity contribution in [1.29, 1.82) is 0 Å². The van der Waals surface area contributed by atoms with Crippen LogP contribution in [0, 0.1) is 0 Å². The number of halogens is 1. The van der Waals surface area contributed by atoms with Gasteiger partial charge in [-0.2, -0.15) is 0 Å². The molecule has 3 nitrogen and oxygen atoms in total. The molecule has 1 heterocycles. The first-order chi connectivity index (χ1) is 11.2. The summed E-state index contributed by atoms with van der Waals surface area (Å²) in [7, 11) is 0. The molecule has 0 radical (unpaired) electrons. The summed E-state index contributed by atoms with van der Waals surface area (Å²) in [6.07, 6.45) is 1.71. The van der Waals surface area contributed by atoms with E-state index in [1.807, 2.05) is 41.3 Å². The van der Waals surface area contributed by atoms with Crippen molar-refractivity contribution >= 4 is 35.0 Å². The van der Waals surface area contributed by atoms with Gasteiger partial charge in [0.05, 0.1) is 5.75 Å². The number of ether oxygens (including phenoxy) is 1. The fourth-order valence-corrected chi connectivity index (χ4v) is 3.74. The monoisotopic (exact) mass is 345 g/mol. The quantitative estimate of drug-likeness (QED) is 0.737. The number of hydrogen-bond acceptors (Lipinski definition) is 3. The second-order valence-corrected chi connectivity index (χ2v) is 6.58. The van der Waals surface area contributed by atoms with E-state index in [0.717, 1.165) is 17.0 Å². The van der Waals surface area contributed by atoms with Gasteiger partial charge >= 0.3 is 0 Å². The number of hydrogen-bond donors (Lipinski definition) is 0. The molecule has 1 aliphatic heterocycles. The van der Waals surface area contributed by atoms with E-state index in [4.69, 9.17) is 16.3 Å². The van der Waals surface area contributed by atoms with Gasteiger partial charge in [-0.25, -0.2) is 0 Å². The number of benzene rings is 2. The first-order valence-corrected chi connectivity index (χ1v) is 8.64. The maximum Gasteiger partial charge on any atom is 0.238 e. The van der Waals surface area contributed by atoms with E-state index in [0.29, 0.717) is 17.4 Å². The van der Waals surface area contributed by atoms with Crippen LogP contribution in [0.3, 0.4) is 0 Å². The summed E-state index contributed by atoms with van der Waals surface area (Å²) in [5.74, 6) is 1.37. The molecule has 1 aliphatic rings. The van der Waals surface area contributed by atoms with Crippen LogP contribution in [0.25, 0.3) is 0 Å². The molecule has 0 aliphatic carbocycles. The van der Waals surface area contributed by atoms with Gasteiger partial charge in [-0.05, 0) is 42.0 Å². The lowest BCUT2D eigenvalue weighted by Gasteiger charge is -2.24. The molecule has 0 N–H and O–H groups in total. The molecule has 2 aromatic rings. The first-order valence-electron chi connectivity index (χ1n) is 7.22. The van der Waals surface area contributed by atoms with Gasteiger partial charge in [0.1, 0.15) is 17.7 Å². The number of thioether (sulfide) groups is 1. The van der Waals surface area contributed by atoms with E-state index in [9.17, 15) is 4.79 Å². The smallest absolute Gasteiger partial charge is 0.238 e. The van der Waals surface area contributed by atoms with Crippen molar-refractivity contribution in [3.8, 4) is 5.75 Å². The molecule has 5 heteroatoms. The average molecular weight is 346 g/mol. The fraction of sp³-hybridized carbons (Fsp3) is 0.167. The van der Waals surface area contributed by atoms with Crippen LogP contribution >= 0.6 is 23.4 Å². The third-order valence-corrected chi connectivity index (χ3v) is 4.97. The minimum atomic E-state index is -0.0304. The molecule has 0 bridgehead atoms. The van der Waals surface area contributed by atoms with Crippen molar-refractivity contribution in [3.63, 3.8) is 0 Å². The van der Waals surface area contributed by atoms with E-state index in [2.05, 4.69) is 6.58 Å². The summed E-state index contributed by atoms with van der Waals surface area (Å²) in [6.45, 7) is 4.11. The molecule has 1 fully saturated rings. The van der Waals surface area contributed by atoms with Gasteiger partial charge in [0.25, 0.3) is 0 Å². The third kappa shape index (κ3) is 3.54. The molecule has 118 valence electrons. The first kappa shape index (κ1) is 16.0. The molecule has 1 saturated heterocycles. The lowest BCUT2D eigenvalue weighted by atomic mass is 10.2. The topological polar surface area (TPSA) is 29.5 Å². The van der Waals surface area contributed by atoms with Crippen LogP contribution < -0.4 is 9.64 Å². The Morgan fingerprint density at radius 3 is 2.57 bits per heavy atom. The van der Waals surface area contributed by atoms with Crippen molar-refractivity contribution in [2.24, 2.45) is 0 Å². The number of carbonyl (C=O) groups is 1. The predicted molar refractivity (Wildman–Crippen MR) is 96.3 cm³/mol. The number of anilines is 1. The van der Waals surface area contributed by atoms with Crippen LogP contribution in [-0.4, -0.2) is 18.3 Å². The van der Waals surface area contributed by atoms with Crippen LogP contribution in [-0.2, 0) is 4.79 Å². The van der Waals surface area contributed by atoms with Crippen molar-refractivity contribution in [3.05, 3.63) is 71.8 Å². The Morgan fingerprint density at radius 1 is 1.22 bits per heavy atom. The molecule has 0 spiro atoms. The summed E-state index contributed by atoms with van der Waals surface area (Å²) in [4.78, 5) is 14.1. The van der Waals surface area contributed by atoms with Crippen LogP contribution in [0.15, 0.2) is 61.2 Å². The fourth-order valence-electron chi connectivity index (χ4n) is 2.44. The standard InChI is InChI=1S/C18H16ClNO2S/c1-2-11-22-16-9-3-13(4-10-16)18-20(17(21)12-23-18)15-7-5-14(19)6-8-15/h2-10,18H,1,11-12H2/t18-/m0/s1. The molecular weight excluding hydrogens is 330 g/mol. The lowest BCUT2D eigenvalue weighted by Crippen LogP contribution is -2.27. The second-order valence-electron chi connectivity index (χ2n) is 5.07. The van der Waals surface area contributed by atoms with Crippen LogP contribution in [0.4, 0.5) is 5.69 Å². The van der Waals surface area contributed by atoms with Gasteiger partial charge in [0.15, 0.2) is 0 Å². The van der Waals surface area contributed by atoms with Crippen molar-refractivity contribution in [2.75, 3.05) is 17.3 Å². The van der Waals surface area contributed by atoms with Gasteiger partial charge in [-0.15, -0.1) is 11.8 Å². The Labute approximate surface area is 144 Å². The minimum Gasteiger partial charge on any atom is -0.490 e. The highest BCUT2D eigenvalue weighted by molar-refractivity contribution is 8.00. The third-order valence-electron chi connectivity index (χ3n) is 3.51. The predicted octanol–water partition coefficient (Wildman–Crippen LogP) is 4.68. The van der Waals surface area contributed by atoms with Crippen LogP contribution in [0.2, 0.25) is 5.02 Å². The Bertz CT molecular complexity index is 700. The van der Waals surface area contributed by atoms with Crippen LogP contribution in [0.1, 0.15) is 10.9 Å². The molecule has 0 unspecified atom stereocenters. The van der Waals surface area contributed by atoms with E-state index in [1.165, 1.54) is 0 Å². The Hall–Kier alpha value is -1.91. The minimum absolute atomic E-state index is 0.0304. The molecule has 0 aromatic heterocycles. The Kier molecular flexibility index (Phi) is 4.94. The van der Waals surface area contributed by atoms with Crippen molar-refractivity contribution in [1.82, 2.24) is 0 Å². The zero-order valence-corrected chi connectivity index (χ0v) is 14.0. The number of carbonyl (C=O) groups excluding carboxylic acids is 1. The molecule has 0 saturated carbocycles. The Morgan fingerprint density at radius 2 is 1.91 bits per heavy atom. The van der Waals surface area contributed by atoms with Gasteiger partial charge < -0.3 is 4.74 Å². The van der Waals surface area contributed by atoms with Gasteiger partial charge in [0.2, 0.25) is 5.91 Å². The lowest BCUT2D eigenvalue weighted by molar-refractivity contribution is -0.115. The van der Waals surface area contributed by atoms with Crippen molar-refractivity contribution in [2.45, 2.75) is 5.37 Å². The SMILES string of the molecule is C=CCOc1ccc([C@@H]2SCC(=O)N2c2ccc(Cl)cc2)cc1. The van der Waals surface area contributed by atoms with Gasteiger partial charge in [0, 0.05) is 10.7 Å². The maximum absolute atomic E-state index is 12.3. The summed E-state index contributed by atoms with van der Waals surface area (Å²) in [5, 5.41) is 0.630. The summed E-state index contributed by atoms with van der Waals surface area (Å²) in [6, 6.07) is 15.2. The van der Waals surface area contributed by atoms with Gasteiger partial charge in [-0.3, -0.25) is 9.69 Å². The van der Waals surface area contributed by atoms with E-state index in [1.54, 1.807) is 30.0 Å². The number of rotatable bonds is 5. The largest absolute Gasteiger partial charge is 0.490 e. The van der Waals surface area contributed by atoms with Crippen molar-refractivity contribution < 1.29 is 9.53 Å².